The number of anilines is 1. The third-order valence-corrected chi connectivity index (χ3v) is 3.06. The first kappa shape index (κ1) is 16.1. The monoisotopic (exact) mass is 324 g/mol. The highest BCUT2D eigenvalue weighted by Crippen LogP contribution is 2.35. The Kier molecular flexibility index (Phi) is 4.12. The van der Waals surface area contributed by atoms with Gasteiger partial charge in [0.05, 0.1) is 10.6 Å². The number of ether oxygens (including phenoxy) is 1. The second-order valence-electron chi connectivity index (χ2n) is 4.55. The van der Waals surface area contributed by atoms with Crippen molar-refractivity contribution in [3.05, 3.63) is 57.1 Å². The lowest BCUT2D eigenvalue weighted by Crippen LogP contribution is -2.07. The van der Waals surface area contributed by atoms with Crippen molar-refractivity contribution in [1.29, 1.82) is 0 Å². The van der Waals surface area contributed by atoms with Crippen LogP contribution >= 0.6 is 0 Å². The van der Waals surface area contributed by atoms with Crippen molar-refractivity contribution < 1.29 is 28.3 Å². The van der Waals surface area contributed by atoms with E-state index >= 15 is 0 Å². The summed E-state index contributed by atoms with van der Waals surface area (Å²) >= 11 is 0. The van der Waals surface area contributed by atoms with Gasteiger partial charge < -0.3 is 15.6 Å². The van der Waals surface area contributed by atoms with Crippen LogP contribution in [-0.4, -0.2) is 16.0 Å². The van der Waals surface area contributed by atoms with E-state index in [4.69, 9.17) is 15.6 Å². The lowest BCUT2D eigenvalue weighted by Gasteiger charge is -2.12. The van der Waals surface area contributed by atoms with Crippen molar-refractivity contribution in [2.24, 2.45) is 0 Å². The van der Waals surface area contributed by atoms with E-state index in [0.717, 1.165) is 24.3 Å². The predicted molar refractivity (Wildman–Crippen MR) is 75.6 cm³/mol. The molecular weight excluding hydrogens is 314 g/mol. The summed E-state index contributed by atoms with van der Waals surface area (Å²) in [5.74, 6) is -4.15. The fraction of sp³-hybridized carbons (Fsp3) is 0.0714. The first-order valence-corrected chi connectivity index (χ1v) is 6.16. The molecule has 0 saturated carbocycles. The lowest BCUT2D eigenvalue weighted by molar-refractivity contribution is -0.385. The standard InChI is InChI=1S/C14H10F2N2O5/c1-6-10(3-2-9(18(21)22)12(6)14(19)20)23-11-5-7(15)4-8(17)13(11)16/h2-5H,17H2,1H3,(H,19,20). The van der Waals surface area contributed by atoms with Crippen LogP contribution in [0.2, 0.25) is 0 Å². The second kappa shape index (κ2) is 5.87. The number of hydrogen-bond donors (Lipinski definition) is 2. The van der Waals surface area contributed by atoms with E-state index in [1.165, 1.54) is 6.92 Å². The van der Waals surface area contributed by atoms with Gasteiger partial charge in [-0.2, -0.15) is 0 Å². The van der Waals surface area contributed by atoms with Gasteiger partial charge in [0, 0.05) is 23.8 Å². The van der Waals surface area contributed by atoms with Crippen LogP contribution in [0.3, 0.4) is 0 Å². The smallest absolute Gasteiger partial charge is 0.343 e. The maximum Gasteiger partial charge on any atom is 0.343 e. The summed E-state index contributed by atoms with van der Waals surface area (Å²) < 4.78 is 32.2. The number of nitro groups is 1. The molecule has 0 heterocycles. The maximum atomic E-state index is 13.8. The number of nitrogens with two attached hydrogens (primary N) is 1. The van der Waals surface area contributed by atoms with Crippen LogP contribution in [0, 0.1) is 28.7 Å². The number of benzene rings is 2. The maximum absolute atomic E-state index is 13.8. The normalized spacial score (nSPS) is 10.4. The van der Waals surface area contributed by atoms with E-state index in [0.29, 0.717) is 0 Å². The molecule has 2 aromatic carbocycles. The Morgan fingerprint density at radius 2 is 1.96 bits per heavy atom. The van der Waals surface area contributed by atoms with Gasteiger partial charge in [0.25, 0.3) is 5.69 Å². The molecule has 120 valence electrons. The van der Waals surface area contributed by atoms with Crippen molar-refractivity contribution in [3.63, 3.8) is 0 Å². The molecule has 0 atom stereocenters. The molecule has 9 heteroatoms. The summed E-state index contributed by atoms with van der Waals surface area (Å²) in [7, 11) is 0. The van der Waals surface area contributed by atoms with E-state index in [2.05, 4.69) is 0 Å². The molecule has 0 aliphatic heterocycles. The molecule has 0 aromatic heterocycles. The van der Waals surface area contributed by atoms with Crippen LogP contribution in [0.1, 0.15) is 15.9 Å². The molecule has 0 saturated heterocycles. The zero-order chi connectivity index (χ0) is 17.3. The molecule has 2 rings (SSSR count). The van der Waals surface area contributed by atoms with Crippen LogP contribution in [0.15, 0.2) is 24.3 Å². The summed E-state index contributed by atoms with van der Waals surface area (Å²) in [4.78, 5) is 21.2. The number of nitrogens with zero attached hydrogens (tertiary/aromatic N) is 1. The zero-order valence-electron chi connectivity index (χ0n) is 11.7. The molecule has 7 nitrogen and oxygen atoms in total. The summed E-state index contributed by atoms with van der Waals surface area (Å²) in [5.41, 5.74) is 3.45. The molecule has 0 unspecified atom stereocenters. The Hall–Kier alpha value is -3.23. The highest BCUT2D eigenvalue weighted by molar-refractivity contribution is 5.95. The predicted octanol–water partition coefficient (Wildman–Crippen LogP) is 3.25. The third-order valence-electron chi connectivity index (χ3n) is 3.06. The molecule has 0 spiro atoms. The van der Waals surface area contributed by atoms with Gasteiger partial charge in [-0.1, -0.05) is 0 Å². The number of carboxylic acids is 1. The third kappa shape index (κ3) is 3.03. The number of nitrogen functional groups attached to an aromatic ring is 1. The quantitative estimate of drug-likeness (QED) is 0.506. The number of hydrogen-bond acceptors (Lipinski definition) is 5. The fourth-order valence-electron chi connectivity index (χ4n) is 1.99. The first-order valence-electron chi connectivity index (χ1n) is 6.16. The summed E-state index contributed by atoms with van der Waals surface area (Å²) in [6.45, 7) is 1.26. The van der Waals surface area contributed by atoms with Gasteiger partial charge >= 0.3 is 5.97 Å². The van der Waals surface area contributed by atoms with Crippen molar-refractivity contribution in [3.8, 4) is 11.5 Å². The highest BCUT2D eigenvalue weighted by Gasteiger charge is 2.25. The second-order valence-corrected chi connectivity index (χ2v) is 4.55. The Morgan fingerprint density at radius 3 is 2.52 bits per heavy atom. The van der Waals surface area contributed by atoms with Gasteiger partial charge in [-0.25, -0.2) is 13.6 Å². The largest absolute Gasteiger partial charge is 0.477 e. The van der Waals surface area contributed by atoms with Gasteiger partial charge in [-0.3, -0.25) is 10.1 Å². The minimum absolute atomic E-state index is 0.103. The van der Waals surface area contributed by atoms with Crippen molar-refractivity contribution in [1.82, 2.24) is 0 Å². The Labute approximate surface area is 128 Å². The average molecular weight is 324 g/mol. The van der Waals surface area contributed by atoms with Crippen LogP contribution in [0.25, 0.3) is 0 Å². The van der Waals surface area contributed by atoms with Crippen molar-refractivity contribution in [2.45, 2.75) is 6.92 Å². The number of carbonyl (C=O) groups is 1. The summed E-state index contributed by atoms with van der Waals surface area (Å²) in [6, 6.07) is 3.49. The molecule has 0 aliphatic rings. The molecule has 0 aliphatic carbocycles. The van der Waals surface area contributed by atoms with Crippen LogP contribution in [0.5, 0.6) is 11.5 Å². The number of halogens is 2. The number of rotatable bonds is 4. The zero-order valence-corrected chi connectivity index (χ0v) is 11.7. The van der Waals surface area contributed by atoms with Crippen LogP contribution in [-0.2, 0) is 0 Å². The van der Waals surface area contributed by atoms with Gasteiger partial charge in [0.15, 0.2) is 11.6 Å². The Morgan fingerprint density at radius 1 is 1.30 bits per heavy atom. The summed E-state index contributed by atoms with van der Waals surface area (Å²) in [5, 5.41) is 20.0. The van der Waals surface area contributed by atoms with Crippen LogP contribution in [0.4, 0.5) is 20.2 Å². The lowest BCUT2D eigenvalue weighted by atomic mass is 10.1. The molecule has 0 radical (unpaired) electrons. The fourth-order valence-corrected chi connectivity index (χ4v) is 1.99. The van der Waals surface area contributed by atoms with E-state index in [-0.39, 0.29) is 11.3 Å². The molecule has 0 amide bonds. The molecule has 2 aromatic rings. The van der Waals surface area contributed by atoms with Gasteiger partial charge in [0.1, 0.15) is 17.1 Å². The van der Waals surface area contributed by atoms with E-state index < -0.39 is 45.2 Å². The number of nitro benzene ring substituents is 1. The molecule has 0 bridgehead atoms. The van der Waals surface area contributed by atoms with Crippen molar-refractivity contribution >= 4 is 17.3 Å². The minimum atomic E-state index is -1.54. The van der Waals surface area contributed by atoms with Gasteiger partial charge in [-0.15, -0.1) is 0 Å². The number of aromatic carboxylic acids is 1. The first-order chi connectivity index (χ1) is 10.7. The van der Waals surface area contributed by atoms with E-state index in [1.54, 1.807) is 0 Å². The summed E-state index contributed by atoms with van der Waals surface area (Å²) in [6.07, 6.45) is 0. The topological polar surface area (TPSA) is 116 Å². The molecule has 3 N–H and O–H groups in total. The Bertz CT molecular complexity index is 823. The van der Waals surface area contributed by atoms with E-state index in [1.807, 2.05) is 0 Å². The van der Waals surface area contributed by atoms with Gasteiger partial charge in [0.2, 0.25) is 0 Å². The van der Waals surface area contributed by atoms with E-state index in [9.17, 15) is 23.7 Å². The minimum Gasteiger partial charge on any atom is -0.477 e. The van der Waals surface area contributed by atoms with Crippen LogP contribution < -0.4 is 10.5 Å². The Balaban J connectivity index is 2.56. The van der Waals surface area contributed by atoms with Crippen molar-refractivity contribution in [2.75, 3.05) is 5.73 Å². The molecule has 0 fully saturated rings. The SMILES string of the molecule is Cc1c(Oc2cc(F)cc(N)c2F)ccc([N+](=O)[O-])c1C(=O)O. The molecule has 23 heavy (non-hydrogen) atoms. The number of carboxylic acid groups (broad SMARTS) is 1. The highest BCUT2D eigenvalue weighted by atomic mass is 19.1. The van der Waals surface area contributed by atoms with Gasteiger partial charge in [-0.05, 0) is 13.0 Å². The average Bonchev–Trinajstić information content (AvgIpc) is 2.45. The molecular formula is C14H10F2N2O5.